The molecule has 2 aromatic carbocycles. The predicted octanol–water partition coefficient (Wildman–Crippen LogP) is 2.40. The summed E-state index contributed by atoms with van der Waals surface area (Å²) in [6, 6.07) is 9.48. The van der Waals surface area contributed by atoms with Crippen molar-refractivity contribution in [3.63, 3.8) is 0 Å². The minimum absolute atomic E-state index is 0.0461. The van der Waals surface area contributed by atoms with Crippen LogP contribution in [0.15, 0.2) is 42.6 Å². The summed E-state index contributed by atoms with van der Waals surface area (Å²) < 4.78 is 0. The van der Waals surface area contributed by atoms with Gasteiger partial charge >= 0.3 is 0 Å². The van der Waals surface area contributed by atoms with Crippen LogP contribution < -0.4 is 0 Å². The molecule has 1 aromatic heterocycles. The number of H-pyrrole nitrogens is 1. The zero-order chi connectivity index (χ0) is 14.1. The first kappa shape index (κ1) is 12.2. The number of nitrogens with one attached hydrogen (secondary N) is 1. The van der Waals surface area contributed by atoms with E-state index in [1.807, 2.05) is 18.2 Å². The van der Waals surface area contributed by atoms with E-state index in [9.17, 15) is 15.0 Å². The number of carbonyl (C=O) groups excluding carboxylic acids is 1. The predicted molar refractivity (Wildman–Crippen MR) is 73.9 cm³/mol. The van der Waals surface area contributed by atoms with E-state index in [1.54, 1.807) is 6.20 Å². The fraction of sp³-hybridized carbons (Fsp3) is 0.0667. The Balaban J connectivity index is 1.89. The van der Waals surface area contributed by atoms with Crippen molar-refractivity contribution >= 4 is 16.7 Å². The number of fused-ring (bicyclic) bond motifs is 1. The molecule has 0 amide bonds. The highest BCUT2D eigenvalue weighted by Crippen LogP contribution is 2.24. The van der Waals surface area contributed by atoms with Crippen molar-refractivity contribution in [2.75, 3.05) is 0 Å². The number of aromatic hydroxyl groups is 2. The number of benzene rings is 2. The van der Waals surface area contributed by atoms with Gasteiger partial charge in [-0.3, -0.25) is 9.89 Å². The van der Waals surface area contributed by atoms with Crippen molar-refractivity contribution in [2.45, 2.75) is 6.42 Å². The van der Waals surface area contributed by atoms with E-state index in [1.165, 1.54) is 18.2 Å². The second-order valence-electron chi connectivity index (χ2n) is 4.59. The van der Waals surface area contributed by atoms with Gasteiger partial charge < -0.3 is 10.2 Å². The largest absolute Gasteiger partial charge is 0.508 e. The van der Waals surface area contributed by atoms with Gasteiger partial charge in [-0.05, 0) is 29.8 Å². The molecule has 3 aromatic rings. The molecular formula is C15H12N2O3. The first-order valence-electron chi connectivity index (χ1n) is 6.10. The fourth-order valence-electron chi connectivity index (χ4n) is 2.12. The van der Waals surface area contributed by atoms with Crippen LogP contribution in [0.1, 0.15) is 15.9 Å². The zero-order valence-electron chi connectivity index (χ0n) is 10.5. The van der Waals surface area contributed by atoms with Crippen molar-refractivity contribution in [1.29, 1.82) is 0 Å². The summed E-state index contributed by atoms with van der Waals surface area (Å²) in [7, 11) is 0. The van der Waals surface area contributed by atoms with E-state index in [2.05, 4.69) is 10.2 Å². The van der Waals surface area contributed by atoms with Crippen LogP contribution in [-0.4, -0.2) is 26.2 Å². The number of phenolic OH excluding ortho intramolecular Hbond substituents is 2. The van der Waals surface area contributed by atoms with Crippen LogP contribution in [0.25, 0.3) is 10.9 Å². The lowest BCUT2D eigenvalue weighted by Gasteiger charge is -2.05. The van der Waals surface area contributed by atoms with E-state index in [0.717, 1.165) is 16.5 Å². The number of hydrogen-bond acceptors (Lipinski definition) is 4. The Bertz CT molecular complexity index is 793. The second-order valence-corrected chi connectivity index (χ2v) is 4.59. The molecule has 0 saturated heterocycles. The van der Waals surface area contributed by atoms with Crippen LogP contribution in [0, 0.1) is 0 Å². The number of carbonyl (C=O) groups is 1. The second kappa shape index (κ2) is 4.70. The molecule has 5 heteroatoms. The van der Waals surface area contributed by atoms with E-state index in [-0.39, 0.29) is 29.3 Å². The fourth-order valence-corrected chi connectivity index (χ4v) is 2.12. The molecule has 3 N–H and O–H groups in total. The van der Waals surface area contributed by atoms with Gasteiger partial charge in [0.15, 0.2) is 5.78 Å². The molecule has 5 nitrogen and oxygen atoms in total. The van der Waals surface area contributed by atoms with Crippen molar-refractivity contribution in [3.05, 3.63) is 53.7 Å². The molecule has 20 heavy (non-hydrogen) atoms. The van der Waals surface area contributed by atoms with Crippen LogP contribution >= 0.6 is 0 Å². The number of aromatic nitrogens is 2. The highest BCUT2D eigenvalue weighted by Gasteiger charge is 2.13. The lowest BCUT2D eigenvalue weighted by molar-refractivity contribution is 0.0990. The smallest absolute Gasteiger partial charge is 0.171 e. The average molecular weight is 268 g/mol. The van der Waals surface area contributed by atoms with E-state index >= 15 is 0 Å². The summed E-state index contributed by atoms with van der Waals surface area (Å²) in [5, 5.41) is 26.8. The molecule has 0 saturated carbocycles. The third kappa shape index (κ3) is 2.21. The summed E-state index contributed by atoms with van der Waals surface area (Å²) in [5.41, 5.74) is 1.79. The SMILES string of the molecule is O=C(Cc1ccc2cn[nH]c2c1)c1cc(O)ccc1O. The topological polar surface area (TPSA) is 86.2 Å². The molecule has 0 atom stereocenters. The van der Waals surface area contributed by atoms with Gasteiger partial charge in [0.25, 0.3) is 0 Å². The first-order valence-corrected chi connectivity index (χ1v) is 6.10. The summed E-state index contributed by atoms with van der Waals surface area (Å²) in [6.07, 6.45) is 1.86. The maximum absolute atomic E-state index is 12.2. The van der Waals surface area contributed by atoms with Crippen LogP contribution in [0.3, 0.4) is 0 Å². The van der Waals surface area contributed by atoms with Gasteiger partial charge in [0.1, 0.15) is 11.5 Å². The maximum Gasteiger partial charge on any atom is 0.171 e. The van der Waals surface area contributed by atoms with Crippen molar-refractivity contribution < 1.29 is 15.0 Å². The average Bonchev–Trinajstić information content (AvgIpc) is 2.89. The maximum atomic E-state index is 12.2. The Kier molecular flexibility index (Phi) is 2.87. The Hall–Kier alpha value is -2.82. The number of phenols is 2. The van der Waals surface area contributed by atoms with Gasteiger partial charge in [-0.25, -0.2) is 0 Å². The van der Waals surface area contributed by atoms with Crippen LogP contribution in [-0.2, 0) is 6.42 Å². The molecule has 0 bridgehead atoms. The number of Topliss-reactive ketones (excluding diaryl/α,β-unsaturated/α-hetero) is 1. The van der Waals surface area contributed by atoms with Crippen LogP contribution in [0.2, 0.25) is 0 Å². The molecular weight excluding hydrogens is 256 g/mol. The van der Waals surface area contributed by atoms with Gasteiger partial charge in [0.05, 0.1) is 17.3 Å². The molecule has 0 radical (unpaired) electrons. The lowest BCUT2D eigenvalue weighted by atomic mass is 10.0. The number of nitrogens with zero attached hydrogens (tertiary/aromatic N) is 1. The van der Waals surface area contributed by atoms with Gasteiger partial charge in [0.2, 0.25) is 0 Å². The Labute approximate surface area is 114 Å². The Morgan fingerprint density at radius 3 is 2.85 bits per heavy atom. The Morgan fingerprint density at radius 2 is 2.00 bits per heavy atom. The zero-order valence-corrected chi connectivity index (χ0v) is 10.5. The number of hydrogen-bond donors (Lipinski definition) is 3. The minimum atomic E-state index is -0.253. The summed E-state index contributed by atoms with van der Waals surface area (Å²) in [6.45, 7) is 0. The summed E-state index contributed by atoms with van der Waals surface area (Å²) in [5.74, 6) is -0.428. The molecule has 0 unspecified atom stereocenters. The molecule has 0 aliphatic heterocycles. The van der Waals surface area contributed by atoms with E-state index < -0.39 is 0 Å². The summed E-state index contributed by atoms with van der Waals surface area (Å²) in [4.78, 5) is 12.2. The van der Waals surface area contributed by atoms with Gasteiger partial charge in [-0.2, -0.15) is 5.10 Å². The highest BCUT2D eigenvalue weighted by molar-refractivity contribution is 6.00. The first-order chi connectivity index (χ1) is 9.63. The van der Waals surface area contributed by atoms with Gasteiger partial charge in [-0.15, -0.1) is 0 Å². The molecule has 0 fully saturated rings. The molecule has 0 spiro atoms. The quantitative estimate of drug-likeness (QED) is 0.503. The third-order valence-corrected chi connectivity index (χ3v) is 3.15. The van der Waals surface area contributed by atoms with Gasteiger partial charge in [-0.1, -0.05) is 12.1 Å². The van der Waals surface area contributed by atoms with Crippen LogP contribution in [0.5, 0.6) is 11.5 Å². The van der Waals surface area contributed by atoms with Crippen molar-refractivity contribution in [3.8, 4) is 11.5 Å². The molecule has 1 heterocycles. The molecule has 0 aliphatic carbocycles. The molecule has 3 rings (SSSR count). The lowest BCUT2D eigenvalue weighted by Crippen LogP contribution is -2.03. The van der Waals surface area contributed by atoms with Crippen molar-refractivity contribution in [1.82, 2.24) is 10.2 Å². The van der Waals surface area contributed by atoms with E-state index in [4.69, 9.17) is 0 Å². The van der Waals surface area contributed by atoms with Crippen LogP contribution in [0.4, 0.5) is 0 Å². The number of rotatable bonds is 3. The normalized spacial score (nSPS) is 10.8. The van der Waals surface area contributed by atoms with Gasteiger partial charge in [0, 0.05) is 11.8 Å². The third-order valence-electron chi connectivity index (χ3n) is 3.15. The molecule has 100 valence electrons. The minimum Gasteiger partial charge on any atom is -0.508 e. The Morgan fingerprint density at radius 1 is 1.15 bits per heavy atom. The highest BCUT2D eigenvalue weighted by atomic mass is 16.3. The molecule has 0 aliphatic rings. The number of aromatic amines is 1. The summed E-state index contributed by atoms with van der Waals surface area (Å²) >= 11 is 0. The monoisotopic (exact) mass is 268 g/mol. The van der Waals surface area contributed by atoms with E-state index in [0.29, 0.717) is 0 Å². The van der Waals surface area contributed by atoms with Crippen molar-refractivity contribution in [2.24, 2.45) is 0 Å². The number of ketones is 1. The standard InChI is InChI=1S/C15H12N2O3/c18-11-3-4-14(19)12(7-11)15(20)6-9-1-2-10-8-16-17-13(10)5-9/h1-5,7-8,18-19H,6H2,(H,16,17).